The van der Waals surface area contributed by atoms with Crippen molar-refractivity contribution in [2.45, 2.75) is 13.3 Å². The maximum atomic E-state index is 12.0. The third kappa shape index (κ3) is 3.23. The molecule has 21 heavy (non-hydrogen) atoms. The van der Waals surface area contributed by atoms with Crippen LogP contribution in [0.25, 0.3) is 11.1 Å². The third-order valence-electron chi connectivity index (χ3n) is 3.05. The molecule has 3 rings (SSSR count). The molecule has 3 aromatic rings. The van der Waals surface area contributed by atoms with Gasteiger partial charge in [-0.2, -0.15) is 0 Å². The highest BCUT2D eigenvalue weighted by Gasteiger charge is 2.07. The molecule has 0 bridgehead atoms. The number of amides is 1. The predicted molar refractivity (Wildman–Crippen MR) is 82.5 cm³/mol. The number of nitrogens with zero attached hydrogens (tertiary/aromatic N) is 1. The number of carbonyl (C=O) groups excluding carboxylic acids is 1. The van der Waals surface area contributed by atoms with E-state index in [4.69, 9.17) is 16.0 Å². The molecule has 1 aromatic heterocycles. The zero-order valence-electron chi connectivity index (χ0n) is 11.4. The summed E-state index contributed by atoms with van der Waals surface area (Å²) < 4.78 is 5.46. The Labute approximate surface area is 126 Å². The molecule has 0 saturated carbocycles. The molecule has 0 atom stereocenters. The highest BCUT2D eigenvalue weighted by Crippen LogP contribution is 2.18. The first-order valence-corrected chi connectivity index (χ1v) is 6.89. The van der Waals surface area contributed by atoms with Gasteiger partial charge in [-0.15, -0.1) is 0 Å². The monoisotopic (exact) mass is 300 g/mol. The number of fused-ring (bicyclic) bond motifs is 1. The SMILES string of the molecule is Cc1nc2ccc(CC(=O)Nc3ccc(Cl)cc3)cc2o1. The first-order chi connectivity index (χ1) is 10.1. The van der Waals surface area contributed by atoms with Gasteiger partial charge in [-0.05, 0) is 42.0 Å². The molecule has 5 heteroatoms. The molecule has 106 valence electrons. The Morgan fingerprint density at radius 3 is 2.76 bits per heavy atom. The molecule has 0 unspecified atom stereocenters. The summed E-state index contributed by atoms with van der Waals surface area (Å²) in [4.78, 5) is 16.2. The summed E-state index contributed by atoms with van der Waals surface area (Å²) in [6.45, 7) is 1.80. The third-order valence-corrected chi connectivity index (χ3v) is 3.30. The van der Waals surface area contributed by atoms with E-state index in [2.05, 4.69) is 10.3 Å². The normalized spacial score (nSPS) is 10.8. The number of carbonyl (C=O) groups is 1. The second kappa shape index (κ2) is 5.58. The van der Waals surface area contributed by atoms with E-state index in [-0.39, 0.29) is 12.3 Å². The van der Waals surface area contributed by atoms with Crippen LogP contribution in [0.5, 0.6) is 0 Å². The number of aromatic nitrogens is 1. The highest BCUT2D eigenvalue weighted by molar-refractivity contribution is 6.30. The van der Waals surface area contributed by atoms with Crippen molar-refractivity contribution < 1.29 is 9.21 Å². The average molecular weight is 301 g/mol. The number of benzene rings is 2. The molecule has 0 saturated heterocycles. The van der Waals surface area contributed by atoms with Crippen LogP contribution in [0.3, 0.4) is 0 Å². The van der Waals surface area contributed by atoms with E-state index < -0.39 is 0 Å². The van der Waals surface area contributed by atoms with E-state index >= 15 is 0 Å². The van der Waals surface area contributed by atoms with Gasteiger partial charge in [0.15, 0.2) is 11.5 Å². The van der Waals surface area contributed by atoms with Crippen LogP contribution in [0.4, 0.5) is 5.69 Å². The molecule has 0 radical (unpaired) electrons. The molecule has 1 amide bonds. The van der Waals surface area contributed by atoms with Crippen molar-refractivity contribution >= 4 is 34.3 Å². The summed E-state index contributed by atoms with van der Waals surface area (Å²) in [5.74, 6) is 0.528. The zero-order valence-corrected chi connectivity index (χ0v) is 12.1. The Balaban J connectivity index is 1.71. The molecule has 0 fully saturated rings. The van der Waals surface area contributed by atoms with Gasteiger partial charge >= 0.3 is 0 Å². The number of hydrogen-bond acceptors (Lipinski definition) is 3. The van der Waals surface area contributed by atoms with Crippen LogP contribution in [0.15, 0.2) is 46.9 Å². The van der Waals surface area contributed by atoms with Crippen LogP contribution in [0.2, 0.25) is 5.02 Å². The van der Waals surface area contributed by atoms with Crippen molar-refractivity contribution in [2.75, 3.05) is 5.32 Å². The van der Waals surface area contributed by atoms with E-state index in [1.165, 1.54) is 0 Å². The van der Waals surface area contributed by atoms with Gasteiger partial charge in [0.05, 0.1) is 6.42 Å². The van der Waals surface area contributed by atoms with Crippen LogP contribution in [-0.4, -0.2) is 10.9 Å². The summed E-state index contributed by atoms with van der Waals surface area (Å²) in [5, 5.41) is 3.47. The molecule has 4 nitrogen and oxygen atoms in total. The summed E-state index contributed by atoms with van der Waals surface area (Å²) in [5.41, 5.74) is 3.10. The van der Waals surface area contributed by atoms with Gasteiger partial charge in [0.1, 0.15) is 5.52 Å². The van der Waals surface area contributed by atoms with E-state index in [1.54, 1.807) is 31.2 Å². The Morgan fingerprint density at radius 1 is 1.24 bits per heavy atom. The van der Waals surface area contributed by atoms with Crippen LogP contribution in [0, 0.1) is 6.92 Å². The lowest BCUT2D eigenvalue weighted by Gasteiger charge is -2.05. The first-order valence-electron chi connectivity index (χ1n) is 6.52. The molecule has 1 N–H and O–H groups in total. The second-order valence-electron chi connectivity index (χ2n) is 4.77. The zero-order chi connectivity index (χ0) is 14.8. The molecule has 0 aliphatic heterocycles. The quantitative estimate of drug-likeness (QED) is 0.796. The number of rotatable bonds is 3. The molecular formula is C16H13ClN2O2. The van der Waals surface area contributed by atoms with E-state index in [0.717, 1.165) is 16.8 Å². The second-order valence-corrected chi connectivity index (χ2v) is 5.20. The average Bonchev–Trinajstić information content (AvgIpc) is 2.80. The number of anilines is 1. The lowest BCUT2D eigenvalue weighted by Crippen LogP contribution is -2.14. The predicted octanol–water partition coefficient (Wildman–Crippen LogP) is 3.97. The van der Waals surface area contributed by atoms with Gasteiger partial charge in [-0.1, -0.05) is 17.7 Å². The largest absolute Gasteiger partial charge is 0.441 e. The van der Waals surface area contributed by atoms with Gasteiger partial charge in [-0.3, -0.25) is 4.79 Å². The molecular weight excluding hydrogens is 288 g/mol. The van der Waals surface area contributed by atoms with Gasteiger partial charge in [0.2, 0.25) is 5.91 Å². The fraction of sp³-hybridized carbons (Fsp3) is 0.125. The number of hydrogen-bond donors (Lipinski definition) is 1. The van der Waals surface area contributed by atoms with Crippen molar-refractivity contribution in [1.82, 2.24) is 4.98 Å². The molecule has 0 spiro atoms. The highest BCUT2D eigenvalue weighted by atomic mass is 35.5. The van der Waals surface area contributed by atoms with Gasteiger partial charge in [0.25, 0.3) is 0 Å². The fourth-order valence-corrected chi connectivity index (χ4v) is 2.24. The van der Waals surface area contributed by atoms with Crippen molar-refractivity contribution in [2.24, 2.45) is 0 Å². The molecule has 0 aliphatic rings. The first kappa shape index (κ1) is 13.6. The number of nitrogens with one attached hydrogen (secondary N) is 1. The standard InChI is InChI=1S/C16H13ClN2O2/c1-10-18-14-7-2-11(8-15(14)21-10)9-16(20)19-13-5-3-12(17)4-6-13/h2-8H,9H2,1H3,(H,19,20). The van der Waals surface area contributed by atoms with Gasteiger partial charge in [0, 0.05) is 17.6 Å². The maximum absolute atomic E-state index is 12.0. The van der Waals surface area contributed by atoms with Crippen molar-refractivity contribution in [3.05, 3.63) is 58.9 Å². The maximum Gasteiger partial charge on any atom is 0.228 e. The topological polar surface area (TPSA) is 55.1 Å². The molecule has 2 aromatic carbocycles. The van der Waals surface area contributed by atoms with Crippen LogP contribution in [0.1, 0.15) is 11.5 Å². The lowest BCUT2D eigenvalue weighted by atomic mass is 10.1. The van der Waals surface area contributed by atoms with E-state index in [1.807, 2.05) is 18.2 Å². The summed E-state index contributed by atoms with van der Waals surface area (Å²) in [6, 6.07) is 12.6. The number of oxazole rings is 1. The van der Waals surface area contributed by atoms with Gasteiger partial charge in [-0.25, -0.2) is 4.98 Å². The lowest BCUT2D eigenvalue weighted by molar-refractivity contribution is -0.115. The number of halogens is 1. The Bertz CT molecular complexity index is 794. The minimum absolute atomic E-state index is 0.0899. The smallest absolute Gasteiger partial charge is 0.228 e. The minimum atomic E-state index is -0.0899. The van der Waals surface area contributed by atoms with Crippen molar-refractivity contribution in [1.29, 1.82) is 0 Å². The van der Waals surface area contributed by atoms with Crippen molar-refractivity contribution in [3.8, 4) is 0 Å². The molecule has 1 heterocycles. The number of aryl methyl sites for hydroxylation is 1. The van der Waals surface area contributed by atoms with E-state index in [9.17, 15) is 4.79 Å². The molecule has 0 aliphatic carbocycles. The van der Waals surface area contributed by atoms with Crippen LogP contribution >= 0.6 is 11.6 Å². The summed E-state index contributed by atoms with van der Waals surface area (Å²) >= 11 is 5.81. The Morgan fingerprint density at radius 2 is 2.00 bits per heavy atom. The van der Waals surface area contributed by atoms with Gasteiger partial charge < -0.3 is 9.73 Å². The minimum Gasteiger partial charge on any atom is -0.441 e. The summed E-state index contributed by atoms with van der Waals surface area (Å²) in [6.07, 6.45) is 0.276. The van der Waals surface area contributed by atoms with Crippen molar-refractivity contribution in [3.63, 3.8) is 0 Å². The summed E-state index contributed by atoms with van der Waals surface area (Å²) in [7, 11) is 0. The fourth-order valence-electron chi connectivity index (χ4n) is 2.12. The van der Waals surface area contributed by atoms with E-state index in [0.29, 0.717) is 16.5 Å². The Kier molecular flexibility index (Phi) is 3.62. The van der Waals surface area contributed by atoms with Crippen LogP contribution in [-0.2, 0) is 11.2 Å². The Hall–Kier alpha value is -2.33. The van der Waals surface area contributed by atoms with Crippen LogP contribution < -0.4 is 5.32 Å².